The zero-order chi connectivity index (χ0) is 15.9. The zero-order valence-electron chi connectivity index (χ0n) is 14.6. The summed E-state index contributed by atoms with van der Waals surface area (Å²) in [5.74, 6) is 0.805. The van der Waals surface area contributed by atoms with E-state index in [4.69, 9.17) is 4.74 Å². The Morgan fingerprint density at radius 1 is 1.27 bits per heavy atom. The van der Waals surface area contributed by atoms with E-state index in [1.54, 1.807) is 14.2 Å². The molecule has 4 nitrogen and oxygen atoms in total. The van der Waals surface area contributed by atoms with E-state index in [1.165, 1.54) is 11.1 Å². The Bertz CT molecular complexity index is 457. The molecular weight excluding hydrogens is 389 g/mol. The molecular formula is C17H30IN3O. The summed E-state index contributed by atoms with van der Waals surface area (Å²) in [5, 5.41) is 6.71. The van der Waals surface area contributed by atoms with Crippen LogP contribution in [0.1, 0.15) is 31.9 Å². The first-order valence-corrected chi connectivity index (χ1v) is 7.42. The lowest BCUT2D eigenvalue weighted by Gasteiger charge is -2.27. The second kappa shape index (κ2) is 10.0. The highest BCUT2D eigenvalue weighted by molar-refractivity contribution is 14.0. The molecule has 1 aromatic carbocycles. The summed E-state index contributed by atoms with van der Waals surface area (Å²) in [7, 11) is 3.49. The van der Waals surface area contributed by atoms with Gasteiger partial charge in [-0.3, -0.25) is 4.99 Å². The summed E-state index contributed by atoms with van der Waals surface area (Å²) in [6.07, 6.45) is 0. The number of aryl methyl sites for hydroxylation is 1. The largest absolute Gasteiger partial charge is 0.383 e. The van der Waals surface area contributed by atoms with Gasteiger partial charge in [-0.15, -0.1) is 24.0 Å². The molecule has 1 atom stereocenters. The molecule has 126 valence electrons. The maximum Gasteiger partial charge on any atom is 0.191 e. The van der Waals surface area contributed by atoms with Gasteiger partial charge in [-0.2, -0.15) is 0 Å². The van der Waals surface area contributed by atoms with E-state index in [1.807, 2.05) is 0 Å². The maximum atomic E-state index is 5.13. The fourth-order valence-electron chi connectivity index (χ4n) is 2.13. The molecule has 0 amide bonds. The maximum absolute atomic E-state index is 5.13. The number of hydrogen-bond acceptors (Lipinski definition) is 2. The Labute approximate surface area is 152 Å². The minimum Gasteiger partial charge on any atom is -0.383 e. The van der Waals surface area contributed by atoms with Crippen LogP contribution in [0, 0.1) is 6.92 Å². The molecule has 2 N–H and O–H groups in total. The zero-order valence-corrected chi connectivity index (χ0v) is 16.9. The summed E-state index contributed by atoms with van der Waals surface area (Å²) in [5.41, 5.74) is 2.64. The predicted octanol–water partition coefficient (Wildman–Crippen LogP) is 3.09. The van der Waals surface area contributed by atoms with E-state index in [-0.39, 0.29) is 35.4 Å². The predicted molar refractivity (Wildman–Crippen MR) is 105 cm³/mol. The lowest BCUT2D eigenvalue weighted by Crippen LogP contribution is -2.47. The molecule has 1 rings (SSSR count). The summed E-state index contributed by atoms with van der Waals surface area (Å²) in [4.78, 5) is 4.26. The van der Waals surface area contributed by atoms with Crippen LogP contribution in [0.15, 0.2) is 29.3 Å². The molecule has 5 heteroatoms. The highest BCUT2D eigenvalue weighted by Gasteiger charge is 2.21. The first-order chi connectivity index (χ1) is 9.89. The van der Waals surface area contributed by atoms with Crippen LogP contribution in [-0.2, 0) is 10.2 Å². The van der Waals surface area contributed by atoms with Gasteiger partial charge in [0.15, 0.2) is 5.96 Å². The molecule has 0 heterocycles. The van der Waals surface area contributed by atoms with Gasteiger partial charge in [-0.05, 0) is 19.4 Å². The standard InChI is InChI=1S/C17H29N3O.HI/c1-13-7-9-15(10-8-13)17(3,4)12-19-16(18-5)20-14(2)11-21-6;/h7-10,14H,11-12H2,1-6H3,(H2,18,19,20);1H. The van der Waals surface area contributed by atoms with Crippen LogP contribution in [0.2, 0.25) is 0 Å². The van der Waals surface area contributed by atoms with Gasteiger partial charge < -0.3 is 15.4 Å². The third-order valence-corrected chi connectivity index (χ3v) is 3.55. The number of nitrogens with zero attached hydrogens (tertiary/aromatic N) is 1. The van der Waals surface area contributed by atoms with Crippen molar-refractivity contribution in [2.45, 2.75) is 39.2 Å². The Hall–Kier alpha value is -0.820. The molecule has 0 saturated carbocycles. The van der Waals surface area contributed by atoms with Gasteiger partial charge in [0.1, 0.15) is 0 Å². The number of ether oxygens (including phenoxy) is 1. The Morgan fingerprint density at radius 3 is 2.36 bits per heavy atom. The fraction of sp³-hybridized carbons (Fsp3) is 0.588. The quantitative estimate of drug-likeness (QED) is 0.423. The van der Waals surface area contributed by atoms with Gasteiger partial charge in [0.25, 0.3) is 0 Å². The third-order valence-electron chi connectivity index (χ3n) is 3.55. The van der Waals surface area contributed by atoms with Crippen LogP contribution in [0.5, 0.6) is 0 Å². The molecule has 1 aromatic rings. The van der Waals surface area contributed by atoms with E-state index in [9.17, 15) is 0 Å². The number of methoxy groups -OCH3 is 1. The molecule has 1 unspecified atom stereocenters. The highest BCUT2D eigenvalue weighted by atomic mass is 127. The van der Waals surface area contributed by atoms with Crippen molar-refractivity contribution in [1.82, 2.24) is 10.6 Å². The topological polar surface area (TPSA) is 45.7 Å². The minimum atomic E-state index is 0. The highest BCUT2D eigenvalue weighted by Crippen LogP contribution is 2.22. The average Bonchev–Trinajstić information content (AvgIpc) is 2.44. The van der Waals surface area contributed by atoms with Gasteiger partial charge in [0.2, 0.25) is 0 Å². The molecule has 0 aromatic heterocycles. The van der Waals surface area contributed by atoms with E-state index in [0.717, 1.165) is 12.5 Å². The molecule has 0 aliphatic carbocycles. The Morgan fingerprint density at radius 2 is 1.86 bits per heavy atom. The second-order valence-corrected chi connectivity index (χ2v) is 6.18. The number of guanidine groups is 1. The first kappa shape index (κ1) is 21.2. The molecule has 0 aliphatic heterocycles. The number of rotatable bonds is 6. The van der Waals surface area contributed by atoms with Crippen LogP contribution >= 0.6 is 24.0 Å². The van der Waals surface area contributed by atoms with E-state index < -0.39 is 0 Å². The monoisotopic (exact) mass is 419 g/mol. The van der Waals surface area contributed by atoms with E-state index in [0.29, 0.717) is 6.61 Å². The summed E-state index contributed by atoms with van der Waals surface area (Å²) in [6.45, 7) is 10.1. The van der Waals surface area contributed by atoms with Gasteiger partial charge >= 0.3 is 0 Å². The number of halogens is 1. The van der Waals surface area contributed by atoms with Crippen molar-refractivity contribution in [3.63, 3.8) is 0 Å². The summed E-state index contributed by atoms with van der Waals surface area (Å²) >= 11 is 0. The van der Waals surface area contributed by atoms with Crippen molar-refractivity contribution in [2.24, 2.45) is 4.99 Å². The Balaban J connectivity index is 0.00000441. The van der Waals surface area contributed by atoms with Gasteiger partial charge in [0.05, 0.1) is 6.61 Å². The number of aliphatic imine (C=N–C) groups is 1. The number of benzene rings is 1. The van der Waals surface area contributed by atoms with Crippen molar-refractivity contribution < 1.29 is 4.74 Å². The molecule has 0 radical (unpaired) electrons. The summed E-state index contributed by atoms with van der Waals surface area (Å²) in [6, 6.07) is 8.93. The van der Waals surface area contributed by atoms with Gasteiger partial charge in [0, 0.05) is 32.2 Å². The van der Waals surface area contributed by atoms with Crippen LogP contribution in [-0.4, -0.2) is 39.3 Å². The van der Waals surface area contributed by atoms with Gasteiger partial charge in [-0.25, -0.2) is 0 Å². The van der Waals surface area contributed by atoms with Gasteiger partial charge in [-0.1, -0.05) is 43.7 Å². The van der Waals surface area contributed by atoms with Crippen LogP contribution in [0.4, 0.5) is 0 Å². The molecule has 0 bridgehead atoms. The van der Waals surface area contributed by atoms with Crippen molar-refractivity contribution in [3.8, 4) is 0 Å². The average molecular weight is 419 g/mol. The Kier molecular flexibility index (Phi) is 9.67. The lowest BCUT2D eigenvalue weighted by molar-refractivity contribution is 0.179. The number of hydrogen-bond donors (Lipinski definition) is 2. The van der Waals surface area contributed by atoms with Crippen LogP contribution in [0.3, 0.4) is 0 Å². The van der Waals surface area contributed by atoms with E-state index in [2.05, 4.69) is 67.6 Å². The second-order valence-electron chi connectivity index (χ2n) is 6.18. The fourth-order valence-corrected chi connectivity index (χ4v) is 2.13. The minimum absolute atomic E-state index is 0. The molecule has 0 spiro atoms. The smallest absolute Gasteiger partial charge is 0.191 e. The third kappa shape index (κ3) is 6.96. The lowest BCUT2D eigenvalue weighted by atomic mass is 9.84. The normalized spacial score (nSPS) is 13.3. The molecule has 0 saturated heterocycles. The molecule has 22 heavy (non-hydrogen) atoms. The van der Waals surface area contributed by atoms with Crippen LogP contribution < -0.4 is 10.6 Å². The molecule has 0 aliphatic rings. The van der Waals surface area contributed by atoms with Crippen molar-refractivity contribution in [2.75, 3.05) is 27.3 Å². The van der Waals surface area contributed by atoms with Crippen molar-refractivity contribution in [1.29, 1.82) is 0 Å². The number of nitrogens with one attached hydrogen (secondary N) is 2. The first-order valence-electron chi connectivity index (χ1n) is 7.42. The summed E-state index contributed by atoms with van der Waals surface area (Å²) < 4.78 is 5.13. The molecule has 0 fully saturated rings. The van der Waals surface area contributed by atoms with Crippen molar-refractivity contribution in [3.05, 3.63) is 35.4 Å². The van der Waals surface area contributed by atoms with Crippen molar-refractivity contribution >= 4 is 29.9 Å². The SMILES string of the molecule is CN=C(NCC(C)(C)c1ccc(C)cc1)NC(C)COC.I. The van der Waals surface area contributed by atoms with Crippen LogP contribution in [0.25, 0.3) is 0 Å². The van der Waals surface area contributed by atoms with E-state index >= 15 is 0 Å².